The van der Waals surface area contributed by atoms with Gasteiger partial charge in [-0.15, -0.1) is 0 Å². The van der Waals surface area contributed by atoms with Gasteiger partial charge in [-0.05, 0) is 50.1 Å². The number of amides is 3. The second-order valence-electron chi connectivity index (χ2n) is 7.93. The zero-order valence-electron chi connectivity index (χ0n) is 17.3. The van der Waals surface area contributed by atoms with Crippen molar-refractivity contribution in [3.63, 3.8) is 0 Å². The van der Waals surface area contributed by atoms with Gasteiger partial charge in [0, 0.05) is 6.04 Å². The number of esters is 1. The molecule has 0 saturated heterocycles. The van der Waals surface area contributed by atoms with E-state index in [0.717, 1.165) is 30.6 Å². The normalized spacial score (nSPS) is 17.4. The van der Waals surface area contributed by atoms with Gasteiger partial charge in [-0.25, -0.2) is 4.79 Å². The number of imide groups is 1. The molecular formula is C23H24N2O6. The third kappa shape index (κ3) is 4.38. The minimum absolute atomic E-state index is 0.0114. The molecule has 8 nitrogen and oxygen atoms in total. The molecule has 3 amide bonds. The van der Waals surface area contributed by atoms with E-state index in [4.69, 9.17) is 9.15 Å². The van der Waals surface area contributed by atoms with E-state index in [0.29, 0.717) is 5.76 Å². The third-order valence-electron chi connectivity index (χ3n) is 5.71. The Morgan fingerprint density at radius 2 is 1.87 bits per heavy atom. The molecule has 1 aliphatic heterocycles. The van der Waals surface area contributed by atoms with Crippen LogP contribution in [0.5, 0.6) is 0 Å². The van der Waals surface area contributed by atoms with Gasteiger partial charge in [0.25, 0.3) is 17.7 Å². The minimum atomic E-state index is -0.963. The fourth-order valence-electron chi connectivity index (χ4n) is 3.97. The van der Waals surface area contributed by atoms with E-state index >= 15 is 0 Å². The molecule has 162 valence electrons. The smallest absolute Gasteiger partial charge is 0.338 e. The highest BCUT2D eigenvalue weighted by Gasteiger charge is 2.36. The van der Waals surface area contributed by atoms with Gasteiger partial charge < -0.3 is 14.5 Å². The molecule has 1 atom stereocenters. The van der Waals surface area contributed by atoms with E-state index in [1.807, 2.05) is 0 Å². The number of nitrogens with one attached hydrogen (secondary N) is 1. The number of fused-ring (bicyclic) bond motifs is 1. The molecule has 31 heavy (non-hydrogen) atoms. The summed E-state index contributed by atoms with van der Waals surface area (Å²) in [5.74, 6) is -1.53. The Hall–Kier alpha value is -3.42. The Labute approximate surface area is 179 Å². The van der Waals surface area contributed by atoms with Crippen LogP contribution in [-0.2, 0) is 16.1 Å². The van der Waals surface area contributed by atoms with Crippen LogP contribution in [0.2, 0.25) is 0 Å². The monoisotopic (exact) mass is 424 g/mol. The lowest BCUT2D eigenvalue weighted by molar-refractivity contribution is -0.130. The maximum atomic E-state index is 12.7. The van der Waals surface area contributed by atoms with E-state index in [1.54, 1.807) is 12.1 Å². The molecule has 0 radical (unpaired) electrons. The van der Waals surface area contributed by atoms with Crippen LogP contribution in [-0.4, -0.2) is 40.7 Å². The largest absolute Gasteiger partial charge is 0.467 e. The van der Waals surface area contributed by atoms with Crippen LogP contribution in [0.4, 0.5) is 0 Å². The van der Waals surface area contributed by atoms with Crippen molar-refractivity contribution in [2.75, 3.05) is 0 Å². The van der Waals surface area contributed by atoms with Crippen molar-refractivity contribution in [2.24, 2.45) is 0 Å². The summed E-state index contributed by atoms with van der Waals surface area (Å²) < 4.78 is 10.5. The van der Waals surface area contributed by atoms with Crippen molar-refractivity contribution < 1.29 is 28.3 Å². The number of hydrogen-bond acceptors (Lipinski definition) is 6. The van der Waals surface area contributed by atoms with Gasteiger partial charge in [0.1, 0.15) is 5.76 Å². The first-order valence-electron chi connectivity index (χ1n) is 10.5. The summed E-state index contributed by atoms with van der Waals surface area (Å²) in [5.41, 5.74) is 0.457. The van der Waals surface area contributed by atoms with Gasteiger partial charge in [-0.3, -0.25) is 19.3 Å². The second-order valence-corrected chi connectivity index (χ2v) is 7.93. The van der Waals surface area contributed by atoms with Crippen LogP contribution in [0.1, 0.15) is 75.9 Å². The first kappa shape index (κ1) is 20.8. The molecule has 2 aliphatic rings. The van der Waals surface area contributed by atoms with E-state index in [2.05, 4.69) is 5.32 Å². The van der Waals surface area contributed by atoms with E-state index < -0.39 is 23.9 Å². The van der Waals surface area contributed by atoms with Gasteiger partial charge >= 0.3 is 5.97 Å². The topological polar surface area (TPSA) is 106 Å². The number of benzene rings is 1. The molecule has 0 bridgehead atoms. The van der Waals surface area contributed by atoms with Gasteiger partial charge in [0.05, 0.1) is 29.5 Å². The third-order valence-corrected chi connectivity index (χ3v) is 5.71. The number of hydrogen-bond donors (Lipinski definition) is 1. The molecule has 1 aliphatic carbocycles. The molecule has 2 aromatic rings. The average Bonchev–Trinajstić information content (AvgIpc) is 3.37. The number of ether oxygens (including phenoxy) is 1. The predicted molar refractivity (Wildman–Crippen MR) is 109 cm³/mol. The molecule has 0 unspecified atom stereocenters. The second kappa shape index (κ2) is 8.75. The highest BCUT2D eigenvalue weighted by molar-refractivity contribution is 6.21. The molecule has 4 rings (SSSR count). The van der Waals surface area contributed by atoms with Crippen LogP contribution in [0.3, 0.4) is 0 Å². The summed E-state index contributed by atoms with van der Waals surface area (Å²) in [6, 6.07) is 7.66. The number of carbonyl (C=O) groups excluding carboxylic acids is 4. The van der Waals surface area contributed by atoms with Crippen molar-refractivity contribution in [3.05, 3.63) is 59.0 Å². The SMILES string of the molecule is C[C@H](OC(=O)c1ccc2c(c1)C(=O)N(Cc1ccco1)C2=O)C(=O)NC1CCCCC1. The lowest BCUT2D eigenvalue weighted by Gasteiger charge is -2.24. The first-order chi connectivity index (χ1) is 14.9. The van der Waals surface area contributed by atoms with Crippen molar-refractivity contribution in [1.29, 1.82) is 0 Å². The Morgan fingerprint density at radius 3 is 2.58 bits per heavy atom. The van der Waals surface area contributed by atoms with E-state index in [9.17, 15) is 19.2 Å². The van der Waals surface area contributed by atoms with Crippen LogP contribution in [0.25, 0.3) is 0 Å². The zero-order chi connectivity index (χ0) is 22.0. The Bertz CT molecular complexity index is 1010. The summed E-state index contributed by atoms with van der Waals surface area (Å²) in [6.07, 6.45) is 5.71. The number of rotatable bonds is 6. The summed E-state index contributed by atoms with van der Waals surface area (Å²) >= 11 is 0. The summed E-state index contributed by atoms with van der Waals surface area (Å²) in [7, 11) is 0. The zero-order valence-corrected chi connectivity index (χ0v) is 17.3. The Morgan fingerprint density at radius 1 is 1.13 bits per heavy atom. The van der Waals surface area contributed by atoms with Crippen LogP contribution in [0.15, 0.2) is 41.0 Å². The molecule has 1 fully saturated rings. The molecule has 0 spiro atoms. The fraction of sp³-hybridized carbons (Fsp3) is 0.391. The first-order valence-corrected chi connectivity index (χ1v) is 10.5. The van der Waals surface area contributed by atoms with Gasteiger partial charge in [0.2, 0.25) is 0 Å². The lowest BCUT2D eigenvalue weighted by Crippen LogP contribution is -2.42. The van der Waals surface area contributed by atoms with Gasteiger partial charge in [0.15, 0.2) is 6.10 Å². The summed E-state index contributed by atoms with van der Waals surface area (Å²) in [4.78, 5) is 51.2. The number of nitrogens with zero attached hydrogens (tertiary/aromatic N) is 1. The molecule has 1 aromatic carbocycles. The predicted octanol–water partition coefficient (Wildman–Crippen LogP) is 3.07. The fourth-order valence-corrected chi connectivity index (χ4v) is 3.97. The van der Waals surface area contributed by atoms with Crippen LogP contribution < -0.4 is 5.32 Å². The van der Waals surface area contributed by atoms with Gasteiger partial charge in [-0.2, -0.15) is 0 Å². The maximum Gasteiger partial charge on any atom is 0.338 e. The molecule has 1 N–H and O–H groups in total. The van der Waals surface area contributed by atoms with Crippen LogP contribution >= 0.6 is 0 Å². The quantitative estimate of drug-likeness (QED) is 0.564. The molecule has 1 saturated carbocycles. The molecular weight excluding hydrogens is 400 g/mol. The average molecular weight is 424 g/mol. The Balaban J connectivity index is 1.41. The Kier molecular flexibility index (Phi) is 5.88. The number of carbonyl (C=O) groups is 4. The maximum absolute atomic E-state index is 12.7. The summed E-state index contributed by atoms with van der Waals surface area (Å²) in [5, 5.41) is 2.93. The van der Waals surface area contributed by atoms with Crippen molar-refractivity contribution >= 4 is 23.7 Å². The van der Waals surface area contributed by atoms with E-state index in [1.165, 1.54) is 37.8 Å². The highest BCUT2D eigenvalue weighted by atomic mass is 16.5. The van der Waals surface area contributed by atoms with Crippen molar-refractivity contribution in [3.8, 4) is 0 Å². The minimum Gasteiger partial charge on any atom is -0.467 e. The lowest BCUT2D eigenvalue weighted by atomic mass is 9.95. The van der Waals surface area contributed by atoms with Crippen molar-refractivity contribution in [2.45, 2.75) is 57.7 Å². The number of furan rings is 1. The molecule has 1 aromatic heterocycles. The summed E-state index contributed by atoms with van der Waals surface area (Å²) in [6.45, 7) is 1.53. The van der Waals surface area contributed by atoms with E-state index in [-0.39, 0.29) is 35.2 Å². The molecule has 2 heterocycles. The van der Waals surface area contributed by atoms with Crippen molar-refractivity contribution in [1.82, 2.24) is 10.2 Å². The molecule has 8 heteroatoms. The highest BCUT2D eigenvalue weighted by Crippen LogP contribution is 2.26. The van der Waals surface area contributed by atoms with Crippen LogP contribution in [0, 0.1) is 0 Å². The standard InChI is InChI=1S/C23H24N2O6/c1-14(20(26)24-16-6-3-2-4-7-16)31-23(29)15-9-10-18-19(12-15)22(28)25(21(18)27)13-17-8-5-11-30-17/h5,8-12,14,16H,2-4,6-7,13H2,1H3,(H,24,26)/t14-/m0/s1. The van der Waals surface area contributed by atoms with Gasteiger partial charge in [-0.1, -0.05) is 19.3 Å².